The van der Waals surface area contributed by atoms with Crippen LogP contribution >= 0.6 is 0 Å². The van der Waals surface area contributed by atoms with Gasteiger partial charge < -0.3 is 25.2 Å². The number of aliphatic hydroxyl groups excluding tert-OH is 3. The minimum Gasteiger partial charge on any atom is -0.479 e. The van der Waals surface area contributed by atoms with Crippen molar-refractivity contribution in [3.05, 3.63) is 0 Å². The van der Waals surface area contributed by atoms with Crippen LogP contribution < -0.4 is 0 Å². The molecular weight excluding hydrogens is 216 g/mol. The van der Waals surface area contributed by atoms with Gasteiger partial charge in [-0.2, -0.15) is 0 Å². The van der Waals surface area contributed by atoms with Gasteiger partial charge in [-0.05, 0) is 6.42 Å². The second-order valence-corrected chi connectivity index (χ2v) is 3.31. The number of carboxylic acid groups (broad SMARTS) is 1. The molecule has 6 nitrogen and oxygen atoms in total. The Bertz CT molecular complexity index is 217. The van der Waals surface area contributed by atoms with Crippen molar-refractivity contribution in [1.82, 2.24) is 0 Å². The van der Waals surface area contributed by atoms with E-state index in [1.54, 1.807) is 6.92 Å². The van der Waals surface area contributed by atoms with E-state index in [4.69, 9.17) is 9.84 Å². The molecule has 2 unspecified atom stereocenters. The quantitative estimate of drug-likeness (QED) is 0.508. The molecule has 0 saturated carbocycles. The summed E-state index contributed by atoms with van der Waals surface area (Å²) in [5.74, 6) is -1.35. The molecule has 5 atom stereocenters. The minimum absolute atomic E-state index is 0.370. The molecule has 1 heterocycles. The van der Waals surface area contributed by atoms with Crippen molar-refractivity contribution in [2.75, 3.05) is 0 Å². The van der Waals surface area contributed by atoms with Gasteiger partial charge in [0.25, 0.3) is 0 Å². The van der Waals surface area contributed by atoms with Gasteiger partial charge in [0.05, 0.1) is 6.10 Å². The Balaban J connectivity index is 0.00000106. The van der Waals surface area contributed by atoms with Crippen LogP contribution in [-0.2, 0) is 9.53 Å². The molecule has 0 aromatic heterocycles. The Kier molecular flexibility index (Phi) is 6.51. The lowest BCUT2D eigenvalue weighted by molar-refractivity contribution is -0.227. The molecule has 6 heteroatoms. The van der Waals surface area contributed by atoms with Crippen molar-refractivity contribution < 1.29 is 30.0 Å². The lowest BCUT2D eigenvalue weighted by Crippen LogP contribution is -2.59. The first-order valence-electron chi connectivity index (χ1n) is 5.41. The Morgan fingerprint density at radius 1 is 1.12 bits per heavy atom. The molecule has 1 aliphatic rings. The third-order valence-electron chi connectivity index (χ3n) is 2.36. The molecule has 1 aliphatic heterocycles. The van der Waals surface area contributed by atoms with Crippen LogP contribution in [0.4, 0.5) is 0 Å². The van der Waals surface area contributed by atoms with Crippen molar-refractivity contribution >= 4 is 5.97 Å². The van der Waals surface area contributed by atoms with E-state index in [1.807, 2.05) is 13.8 Å². The average Bonchev–Trinajstić information content (AvgIpc) is 2.28. The molecule has 96 valence electrons. The second-order valence-electron chi connectivity index (χ2n) is 3.31. The number of aliphatic hydroxyl groups is 3. The summed E-state index contributed by atoms with van der Waals surface area (Å²) in [6.45, 7) is 5.69. The van der Waals surface area contributed by atoms with E-state index in [-0.39, 0.29) is 0 Å². The number of ether oxygens (including phenoxy) is 1. The van der Waals surface area contributed by atoms with Crippen LogP contribution in [0.1, 0.15) is 27.2 Å². The molecule has 0 aromatic rings. The summed E-state index contributed by atoms with van der Waals surface area (Å²) in [5, 5.41) is 36.6. The predicted octanol–water partition coefficient (Wildman–Crippen LogP) is -0.643. The number of aliphatic carboxylic acids is 1. The smallest absolute Gasteiger partial charge is 0.335 e. The zero-order chi connectivity index (χ0) is 12.9. The molecule has 16 heavy (non-hydrogen) atoms. The first-order chi connectivity index (χ1) is 7.49. The Hall–Kier alpha value is -0.690. The first-order valence-corrected chi connectivity index (χ1v) is 5.41. The van der Waals surface area contributed by atoms with Gasteiger partial charge in [-0.3, -0.25) is 0 Å². The average molecular weight is 236 g/mol. The maximum atomic E-state index is 10.6. The van der Waals surface area contributed by atoms with E-state index in [0.717, 1.165) is 0 Å². The number of carbonyl (C=O) groups is 1. The molecule has 1 saturated heterocycles. The summed E-state index contributed by atoms with van der Waals surface area (Å²) in [4.78, 5) is 10.6. The fourth-order valence-electron chi connectivity index (χ4n) is 1.49. The fourth-order valence-corrected chi connectivity index (χ4v) is 1.49. The van der Waals surface area contributed by atoms with Crippen LogP contribution in [0.25, 0.3) is 0 Å². The van der Waals surface area contributed by atoms with Crippen LogP contribution in [0.5, 0.6) is 0 Å². The molecule has 4 N–H and O–H groups in total. The highest BCUT2D eigenvalue weighted by atomic mass is 16.6. The number of hydrogen-bond acceptors (Lipinski definition) is 5. The van der Waals surface area contributed by atoms with E-state index in [1.165, 1.54) is 0 Å². The highest BCUT2D eigenvalue weighted by molar-refractivity contribution is 5.73. The lowest BCUT2D eigenvalue weighted by Gasteiger charge is -2.38. The Morgan fingerprint density at radius 2 is 1.62 bits per heavy atom. The molecule has 0 aromatic carbocycles. The summed E-state index contributed by atoms with van der Waals surface area (Å²) >= 11 is 0. The molecule has 0 amide bonds. The summed E-state index contributed by atoms with van der Waals surface area (Å²) in [7, 11) is 0. The van der Waals surface area contributed by atoms with Crippen molar-refractivity contribution in [2.24, 2.45) is 0 Å². The SMILES string of the molecule is CC.CC[C@@H]1O[C@H](C(=O)O)C(O)[C@H](O)C1O. The summed E-state index contributed by atoms with van der Waals surface area (Å²) < 4.78 is 4.93. The van der Waals surface area contributed by atoms with E-state index < -0.39 is 36.5 Å². The summed E-state index contributed by atoms with van der Waals surface area (Å²) in [6.07, 6.45) is -6.17. The van der Waals surface area contributed by atoms with Gasteiger partial charge in [-0.1, -0.05) is 20.8 Å². The lowest BCUT2D eigenvalue weighted by atomic mass is 9.94. The van der Waals surface area contributed by atoms with Gasteiger partial charge in [-0.15, -0.1) is 0 Å². The number of hydrogen-bond donors (Lipinski definition) is 4. The van der Waals surface area contributed by atoms with Gasteiger partial charge in [-0.25, -0.2) is 4.79 Å². The highest BCUT2D eigenvalue weighted by Gasteiger charge is 2.45. The summed E-state index contributed by atoms with van der Waals surface area (Å²) in [5.41, 5.74) is 0. The molecule has 1 rings (SSSR count). The van der Waals surface area contributed by atoms with E-state index in [0.29, 0.717) is 6.42 Å². The third-order valence-corrected chi connectivity index (χ3v) is 2.36. The zero-order valence-corrected chi connectivity index (χ0v) is 9.70. The Labute approximate surface area is 94.5 Å². The van der Waals surface area contributed by atoms with Crippen molar-refractivity contribution in [2.45, 2.75) is 57.7 Å². The summed E-state index contributed by atoms with van der Waals surface area (Å²) in [6, 6.07) is 0. The van der Waals surface area contributed by atoms with Crippen LogP contribution in [-0.4, -0.2) is 56.9 Å². The molecular formula is C10H20O6. The van der Waals surface area contributed by atoms with Crippen molar-refractivity contribution in [3.8, 4) is 0 Å². The van der Waals surface area contributed by atoms with Crippen molar-refractivity contribution in [1.29, 1.82) is 0 Å². The van der Waals surface area contributed by atoms with Crippen LogP contribution in [0.3, 0.4) is 0 Å². The third kappa shape index (κ3) is 3.15. The van der Waals surface area contributed by atoms with Crippen LogP contribution in [0.2, 0.25) is 0 Å². The highest BCUT2D eigenvalue weighted by Crippen LogP contribution is 2.23. The van der Waals surface area contributed by atoms with Crippen LogP contribution in [0.15, 0.2) is 0 Å². The van der Waals surface area contributed by atoms with Gasteiger partial charge in [0.15, 0.2) is 6.10 Å². The normalized spacial score (nSPS) is 38.5. The van der Waals surface area contributed by atoms with Crippen molar-refractivity contribution in [3.63, 3.8) is 0 Å². The predicted molar refractivity (Wildman–Crippen MR) is 56.0 cm³/mol. The molecule has 0 aliphatic carbocycles. The maximum absolute atomic E-state index is 10.6. The van der Waals surface area contributed by atoms with E-state index in [9.17, 15) is 20.1 Å². The monoisotopic (exact) mass is 236 g/mol. The molecule has 1 fully saturated rings. The largest absolute Gasteiger partial charge is 0.479 e. The topological polar surface area (TPSA) is 107 Å². The van der Waals surface area contributed by atoms with E-state index >= 15 is 0 Å². The van der Waals surface area contributed by atoms with Gasteiger partial charge in [0.2, 0.25) is 0 Å². The fraction of sp³-hybridized carbons (Fsp3) is 0.900. The van der Waals surface area contributed by atoms with Gasteiger partial charge in [0, 0.05) is 0 Å². The van der Waals surface area contributed by atoms with Gasteiger partial charge >= 0.3 is 5.97 Å². The van der Waals surface area contributed by atoms with Crippen LogP contribution in [0, 0.1) is 0 Å². The molecule has 0 spiro atoms. The standard InChI is InChI=1S/C8H14O6.C2H6/c1-2-3-4(9)5(10)6(11)7(14-3)8(12)13;1-2/h3-7,9-11H,2H2,1H3,(H,12,13);1-2H3/t3-,4?,5+,6?,7-;/m0./s1. The van der Waals surface area contributed by atoms with Gasteiger partial charge in [0.1, 0.15) is 18.3 Å². The second kappa shape index (κ2) is 6.80. The molecule has 0 radical (unpaired) electrons. The minimum atomic E-state index is -1.59. The Morgan fingerprint density at radius 3 is 2.00 bits per heavy atom. The number of carboxylic acids is 1. The first kappa shape index (κ1) is 15.3. The van der Waals surface area contributed by atoms with E-state index in [2.05, 4.69) is 0 Å². The maximum Gasteiger partial charge on any atom is 0.335 e. The zero-order valence-electron chi connectivity index (χ0n) is 9.70. The number of rotatable bonds is 2. The molecule has 0 bridgehead atoms.